The summed E-state index contributed by atoms with van der Waals surface area (Å²) in [5.41, 5.74) is 15.3. The van der Waals surface area contributed by atoms with Crippen LogP contribution in [0.1, 0.15) is 44.9 Å². The van der Waals surface area contributed by atoms with Gasteiger partial charge in [-0.15, -0.1) is 0 Å². The second-order valence-corrected chi connectivity index (χ2v) is 7.85. The molecule has 0 aromatic heterocycles. The number of carbonyl (C=O) groups is 7. The van der Waals surface area contributed by atoms with Gasteiger partial charge in [-0.2, -0.15) is 0 Å². The topological polar surface area (TPSA) is 266 Å². The third-order valence-electron chi connectivity index (χ3n) is 5.02. The first-order valence-corrected chi connectivity index (χ1v) is 10.6. The number of nitrogens with one attached hydrogen (secondary N) is 4. The molecule has 4 unspecified atom stereocenters. The molecule has 1 fully saturated rings. The van der Waals surface area contributed by atoms with Gasteiger partial charge < -0.3 is 43.6 Å². The average molecular weight is 485 g/mol. The van der Waals surface area contributed by atoms with Crippen LogP contribution in [0.4, 0.5) is 0 Å². The highest BCUT2D eigenvalue weighted by Crippen LogP contribution is 2.07. The number of rotatable bonds is 15. The summed E-state index contributed by atoms with van der Waals surface area (Å²) in [6.07, 6.45) is -0.542. The minimum absolute atomic E-state index is 0.295. The van der Waals surface area contributed by atoms with Crippen molar-refractivity contribution in [2.75, 3.05) is 6.54 Å². The molecule has 0 radical (unpaired) electrons. The molecule has 11 N–H and O–H groups in total. The highest BCUT2D eigenvalue weighted by molar-refractivity contribution is 5.96. The van der Waals surface area contributed by atoms with E-state index in [1.165, 1.54) is 0 Å². The first-order valence-electron chi connectivity index (χ1n) is 10.6. The Hall–Kier alpha value is -3.75. The molecule has 0 aliphatic carbocycles. The maximum Gasteiger partial charge on any atom is 0.326 e. The van der Waals surface area contributed by atoms with Crippen LogP contribution in [0.15, 0.2) is 0 Å². The number of carbonyl (C=O) groups excluding carboxylic acids is 6. The Morgan fingerprint density at radius 1 is 0.794 bits per heavy atom. The molecule has 15 nitrogen and oxygen atoms in total. The zero-order valence-corrected chi connectivity index (χ0v) is 18.5. The third-order valence-corrected chi connectivity index (χ3v) is 5.02. The van der Waals surface area contributed by atoms with Crippen molar-refractivity contribution in [1.82, 2.24) is 21.3 Å². The van der Waals surface area contributed by atoms with Crippen molar-refractivity contribution in [3.05, 3.63) is 0 Å². The largest absolute Gasteiger partial charge is 0.480 e. The molecule has 1 aliphatic rings. The third kappa shape index (κ3) is 10.2. The highest BCUT2D eigenvalue weighted by atomic mass is 16.4. The Labute approximate surface area is 194 Å². The minimum Gasteiger partial charge on any atom is -0.480 e. The molecule has 6 amide bonds. The summed E-state index contributed by atoms with van der Waals surface area (Å²) in [5, 5.41) is 19.1. The van der Waals surface area contributed by atoms with Gasteiger partial charge in [-0.05, 0) is 32.2 Å². The molecule has 34 heavy (non-hydrogen) atoms. The summed E-state index contributed by atoms with van der Waals surface area (Å²) >= 11 is 0. The molecule has 1 heterocycles. The van der Waals surface area contributed by atoms with Gasteiger partial charge in [0.15, 0.2) is 0 Å². The van der Waals surface area contributed by atoms with E-state index in [1.54, 1.807) is 0 Å². The van der Waals surface area contributed by atoms with Crippen molar-refractivity contribution in [3.63, 3.8) is 0 Å². The number of primary amides is 3. The van der Waals surface area contributed by atoms with Gasteiger partial charge in [0.2, 0.25) is 35.4 Å². The summed E-state index contributed by atoms with van der Waals surface area (Å²) in [6, 6.07) is -4.91. The summed E-state index contributed by atoms with van der Waals surface area (Å²) < 4.78 is 0. The van der Waals surface area contributed by atoms with Gasteiger partial charge in [0, 0.05) is 12.8 Å². The summed E-state index contributed by atoms with van der Waals surface area (Å²) in [4.78, 5) is 82.8. The molecule has 0 aromatic carbocycles. The Balaban J connectivity index is 2.95. The standard InChI is InChI=1S/C19H31N7O8/c20-13(27)5-3-10(17(31)25-11(19(33)34)4-6-14(21)28)24-18(32)12(8-15(22)29)26-16(30)9-2-1-7-23-9/h9-12,23H,1-8H2,(H2,20,27)(H2,21,28)(H2,22,29)(H,24,32)(H,25,31)(H,26,30)(H,33,34). The van der Waals surface area contributed by atoms with E-state index in [-0.39, 0.29) is 25.7 Å². The van der Waals surface area contributed by atoms with Crippen LogP contribution < -0.4 is 38.5 Å². The lowest BCUT2D eigenvalue weighted by atomic mass is 10.1. The van der Waals surface area contributed by atoms with Crippen molar-refractivity contribution >= 4 is 41.4 Å². The molecule has 1 saturated heterocycles. The Morgan fingerprint density at radius 2 is 1.32 bits per heavy atom. The molecule has 1 aliphatic heterocycles. The molecular weight excluding hydrogens is 454 g/mol. The van der Waals surface area contributed by atoms with E-state index in [2.05, 4.69) is 21.3 Å². The van der Waals surface area contributed by atoms with Crippen molar-refractivity contribution in [3.8, 4) is 0 Å². The number of carboxylic acids is 1. The van der Waals surface area contributed by atoms with E-state index in [0.29, 0.717) is 13.0 Å². The molecule has 0 aromatic rings. The second-order valence-electron chi connectivity index (χ2n) is 7.85. The predicted molar refractivity (Wildman–Crippen MR) is 115 cm³/mol. The normalized spacial score (nSPS) is 17.6. The van der Waals surface area contributed by atoms with Gasteiger partial charge in [0.1, 0.15) is 18.1 Å². The van der Waals surface area contributed by atoms with Gasteiger partial charge in [0.05, 0.1) is 12.5 Å². The number of aliphatic carboxylic acids is 1. The Kier molecular flexibility index (Phi) is 11.4. The predicted octanol–water partition coefficient (Wildman–Crippen LogP) is -4.32. The number of hydrogen-bond acceptors (Lipinski definition) is 8. The van der Waals surface area contributed by atoms with Gasteiger partial charge in [0.25, 0.3) is 0 Å². The molecule has 4 atom stereocenters. The van der Waals surface area contributed by atoms with Crippen LogP contribution in [0.3, 0.4) is 0 Å². The van der Waals surface area contributed by atoms with E-state index in [0.717, 1.165) is 6.42 Å². The van der Waals surface area contributed by atoms with Crippen LogP contribution in [0, 0.1) is 0 Å². The molecule has 15 heteroatoms. The van der Waals surface area contributed by atoms with Crippen LogP contribution >= 0.6 is 0 Å². The SMILES string of the molecule is NC(=O)CCC(NC(=O)C(CCC(N)=O)NC(=O)C(CC(N)=O)NC(=O)C1CCCN1)C(=O)O. The number of carboxylic acid groups (broad SMARTS) is 1. The zero-order chi connectivity index (χ0) is 25.8. The smallest absolute Gasteiger partial charge is 0.326 e. The fraction of sp³-hybridized carbons (Fsp3) is 0.632. The minimum atomic E-state index is -1.50. The summed E-state index contributed by atoms with van der Waals surface area (Å²) in [7, 11) is 0. The van der Waals surface area contributed by atoms with Crippen molar-refractivity contribution in [2.45, 2.75) is 69.1 Å². The molecule has 1 rings (SSSR count). The lowest BCUT2D eigenvalue weighted by molar-refractivity contribution is -0.143. The quantitative estimate of drug-likeness (QED) is 0.111. The van der Waals surface area contributed by atoms with E-state index >= 15 is 0 Å². The molecular formula is C19H31N7O8. The zero-order valence-electron chi connectivity index (χ0n) is 18.5. The fourth-order valence-electron chi connectivity index (χ4n) is 3.24. The highest BCUT2D eigenvalue weighted by Gasteiger charge is 2.32. The van der Waals surface area contributed by atoms with Crippen LogP contribution in [0.5, 0.6) is 0 Å². The van der Waals surface area contributed by atoms with Crippen LogP contribution in [-0.4, -0.2) is 77.2 Å². The first-order chi connectivity index (χ1) is 15.9. The van der Waals surface area contributed by atoms with E-state index in [9.17, 15) is 38.7 Å². The Morgan fingerprint density at radius 3 is 1.79 bits per heavy atom. The van der Waals surface area contributed by atoms with Crippen LogP contribution in [0.25, 0.3) is 0 Å². The molecule has 190 valence electrons. The van der Waals surface area contributed by atoms with Crippen molar-refractivity contribution < 1.29 is 38.7 Å². The lowest BCUT2D eigenvalue weighted by Crippen LogP contribution is -2.57. The van der Waals surface area contributed by atoms with Crippen molar-refractivity contribution in [1.29, 1.82) is 0 Å². The van der Waals surface area contributed by atoms with Gasteiger partial charge in [-0.25, -0.2) is 4.79 Å². The van der Waals surface area contributed by atoms with E-state index < -0.39 is 72.0 Å². The van der Waals surface area contributed by atoms with E-state index in [1.807, 2.05) is 0 Å². The van der Waals surface area contributed by atoms with Crippen LogP contribution in [0.2, 0.25) is 0 Å². The van der Waals surface area contributed by atoms with Gasteiger partial charge >= 0.3 is 5.97 Å². The number of hydrogen-bond donors (Lipinski definition) is 8. The van der Waals surface area contributed by atoms with Gasteiger partial charge in [-0.1, -0.05) is 0 Å². The van der Waals surface area contributed by atoms with Gasteiger partial charge in [-0.3, -0.25) is 28.8 Å². The van der Waals surface area contributed by atoms with Crippen molar-refractivity contribution in [2.24, 2.45) is 17.2 Å². The first kappa shape index (κ1) is 28.3. The summed E-state index contributed by atoms with van der Waals surface area (Å²) in [5.74, 6) is -6.36. The molecule has 0 spiro atoms. The molecule has 0 saturated carbocycles. The number of nitrogens with two attached hydrogens (primary N) is 3. The maximum atomic E-state index is 12.8. The lowest BCUT2D eigenvalue weighted by Gasteiger charge is -2.24. The van der Waals surface area contributed by atoms with E-state index in [4.69, 9.17) is 17.2 Å². The fourth-order valence-corrected chi connectivity index (χ4v) is 3.24. The maximum absolute atomic E-state index is 12.8. The van der Waals surface area contributed by atoms with Crippen LogP contribution in [-0.2, 0) is 33.6 Å². The average Bonchev–Trinajstić information content (AvgIpc) is 3.27. The monoisotopic (exact) mass is 485 g/mol. The Bertz CT molecular complexity index is 812. The molecule has 0 bridgehead atoms. The second kappa shape index (κ2) is 13.7. The summed E-state index contributed by atoms with van der Waals surface area (Å²) in [6.45, 7) is 0.612. The number of amides is 6.